The summed E-state index contributed by atoms with van der Waals surface area (Å²) < 4.78 is 68.2. The van der Waals surface area contributed by atoms with E-state index in [9.17, 15) is 0 Å². The van der Waals surface area contributed by atoms with Gasteiger partial charge in [0.15, 0.2) is 0 Å². The van der Waals surface area contributed by atoms with Gasteiger partial charge in [0.2, 0.25) is 0 Å². The number of hydrogen-bond donors (Lipinski definition) is 0. The van der Waals surface area contributed by atoms with E-state index in [0.29, 0.717) is 0 Å². The van der Waals surface area contributed by atoms with Gasteiger partial charge in [-0.2, -0.15) is 0 Å². The summed E-state index contributed by atoms with van der Waals surface area (Å²) in [6, 6.07) is 5.72. The minimum absolute atomic E-state index is 0. The van der Waals surface area contributed by atoms with Crippen LogP contribution in [0.15, 0.2) is 30.6 Å². The molecule has 0 saturated carbocycles. The third-order valence-corrected chi connectivity index (χ3v) is 0.566. The van der Waals surface area contributed by atoms with Crippen LogP contribution in [0.5, 0.6) is 0 Å². The zero-order valence-electron chi connectivity index (χ0n) is 8.43. The van der Waals surface area contributed by atoms with Crippen LogP contribution in [-0.4, -0.2) is 40.0 Å². The largest absolute Gasteiger partial charge is 2.00 e. The summed E-state index contributed by atoms with van der Waals surface area (Å²) in [5, 5.41) is 0. The normalized spacial score (nSPS) is 9.11. The van der Waals surface area contributed by atoms with Crippen molar-refractivity contribution in [1.82, 2.24) is 4.98 Å². The first-order chi connectivity index (χ1) is 7.00. The molecule has 18 heavy (non-hydrogen) atoms. The van der Waals surface area contributed by atoms with E-state index >= 15 is 0 Å². The van der Waals surface area contributed by atoms with Crippen LogP contribution in [0.25, 0.3) is 0 Å². The Morgan fingerprint density at radius 3 is 1.00 bits per heavy atom. The van der Waals surface area contributed by atoms with E-state index in [4.69, 9.17) is 35.0 Å². The van der Waals surface area contributed by atoms with E-state index in [-0.39, 0.29) is 36.5 Å². The molecule has 0 amide bonds. The molecule has 1 heterocycles. The van der Waals surface area contributed by atoms with E-state index in [1.807, 2.05) is 18.2 Å². The third kappa shape index (κ3) is 99.6. The van der Waals surface area contributed by atoms with Crippen molar-refractivity contribution in [3.05, 3.63) is 30.6 Å². The topological polar surface area (TPSA) is 173 Å². The van der Waals surface area contributed by atoms with E-state index in [1.54, 1.807) is 12.4 Å². The zero-order chi connectivity index (χ0) is 13.2. The van der Waals surface area contributed by atoms with Crippen molar-refractivity contribution in [2.75, 3.05) is 0 Å². The molecule has 1 aromatic heterocycles. The molecule has 9 nitrogen and oxygen atoms in total. The summed E-state index contributed by atoms with van der Waals surface area (Å²) in [5.41, 5.74) is 0. The van der Waals surface area contributed by atoms with E-state index in [2.05, 4.69) is 4.98 Å². The van der Waals surface area contributed by atoms with Gasteiger partial charge in [-0.3, -0.25) is 21.8 Å². The standard InChI is InChI=1S/C5H5N.Cu.2H2O4S.Zn/c1-2-4-6-5-3-1;;2*1-5(2,3)4;/h1-5H;;2*(H2,1,2,3,4);/q;+2;;;+2/p-4. The molecular weight excluding hydrogens is 395 g/mol. The first-order valence-electron chi connectivity index (χ1n) is 3.18. The molecule has 0 aliphatic carbocycles. The van der Waals surface area contributed by atoms with E-state index in [1.165, 1.54) is 0 Å². The fourth-order valence-corrected chi connectivity index (χ4v) is 0.313. The monoisotopic (exact) mass is 398 g/mol. The van der Waals surface area contributed by atoms with Crippen LogP contribution >= 0.6 is 0 Å². The Hall–Kier alpha value is 0.0329. The van der Waals surface area contributed by atoms with Crippen molar-refractivity contribution >= 4 is 20.8 Å². The van der Waals surface area contributed by atoms with Crippen LogP contribution in [0.3, 0.4) is 0 Å². The predicted octanol–water partition coefficient (Wildman–Crippen LogP) is -1.60. The Bertz CT molecular complexity index is 391. The molecule has 0 spiro atoms. The van der Waals surface area contributed by atoms with Crippen LogP contribution in [0.1, 0.15) is 0 Å². The third-order valence-electron chi connectivity index (χ3n) is 0.566. The maximum Gasteiger partial charge on any atom is 2.00 e. The smallest absolute Gasteiger partial charge is 0.759 e. The van der Waals surface area contributed by atoms with Crippen molar-refractivity contribution in [3.8, 4) is 0 Å². The molecule has 13 heteroatoms. The molecule has 0 aliphatic heterocycles. The van der Waals surface area contributed by atoms with Crippen LogP contribution in [0.4, 0.5) is 0 Å². The fraction of sp³-hybridized carbons (Fsp3) is 0. The number of aromatic nitrogens is 1. The van der Waals surface area contributed by atoms with Crippen LogP contribution in [0, 0.1) is 0 Å². The molecule has 1 aromatic rings. The van der Waals surface area contributed by atoms with Gasteiger partial charge in [0.05, 0.1) is 0 Å². The van der Waals surface area contributed by atoms with E-state index in [0.717, 1.165) is 0 Å². The predicted molar refractivity (Wildman–Crippen MR) is 45.2 cm³/mol. The van der Waals surface area contributed by atoms with Crippen molar-refractivity contribution in [3.63, 3.8) is 0 Å². The van der Waals surface area contributed by atoms with Crippen LogP contribution in [-0.2, 0) is 57.3 Å². The molecular formula is C5H5CuNO8S2Zn. The summed E-state index contributed by atoms with van der Waals surface area (Å²) in [6.45, 7) is 0. The molecule has 103 valence electrons. The number of nitrogens with zero attached hydrogens (tertiary/aromatic N) is 1. The summed E-state index contributed by atoms with van der Waals surface area (Å²) in [5.74, 6) is 0. The van der Waals surface area contributed by atoms with Gasteiger partial charge in [0.1, 0.15) is 0 Å². The Balaban J connectivity index is -0.0000000781. The molecule has 0 bridgehead atoms. The number of pyridine rings is 1. The maximum atomic E-state index is 8.52. The number of rotatable bonds is 0. The van der Waals surface area contributed by atoms with Gasteiger partial charge in [-0.15, -0.1) is 0 Å². The van der Waals surface area contributed by atoms with Crippen LogP contribution in [0.2, 0.25) is 0 Å². The second kappa shape index (κ2) is 13.5. The van der Waals surface area contributed by atoms with Gasteiger partial charge in [0.25, 0.3) is 0 Å². The Labute approximate surface area is 127 Å². The molecule has 0 fully saturated rings. The molecule has 1 radical (unpaired) electrons. The molecule has 1 rings (SSSR count). The number of hydrogen-bond acceptors (Lipinski definition) is 9. The summed E-state index contributed by atoms with van der Waals surface area (Å²) >= 11 is 0. The average Bonchev–Trinajstić information content (AvgIpc) is 2.01. The molecule has 0 N–H and O–H groups in total. The second-order valence-corrected chi connectivity index (χ2v) is 3.47. The van der Waals surface area contributed by atoms with E-state index < -0.39 is 20.8 Å². The molecule has 0 atom stereocenters. The van der Waals surface area contributed by atoms with Gasteiger partial charge in [-0.25, -0.2) is 0 Å². The quantitative estimate of drug-likeness (QED) is 0.282. The summed E-state index contributed by atoms with van der Waals surface area (Å²) in [4.78, 5) is 3.78. The van der Waals surface area contributed by atoms with Gasteiger partial charge in [-0.05, 0) is 12.1 Å². The Morgan fingerprint density at radius 2 is 0.944 bits per heavy atom. The summed E-state index contributed by atoms with van der Waals surface area (Å²) in [7, 11) is -10.3. The van der Waals surface area contributed by atoms with Crippen molar-refractivity contribution < 1.29 is 71.6 Å². The maximum absolute atomic E-state index is 8.52. The van der Waals surface area contributed by atoms with Gasteiger partial charge in [0, 0.05) is 33.2 Å². The van der Waals surface area contributed by atoms with Gasteiger partial charge >= 0.3 is 36.5 Å². The van der Waals surface area contributed by atoms with Crippen molar-refractivity contribution in [2.45, 2.75) is 0 Å². The fourth-order valence-electron chi connectivity index (χ4n) is 0.313. The van der Waals surface area contributed by atoms with Crippen molar-refractivity contribution in [1.29, 1.82) is 0 Å². The second-order valence-electron chi connectivity index (χ2n) is 1.84. The average molecular weight is 400 g/mol. The van der Waals surface area contributed by atoms with Gasteiger partial charge < -0.3 is 18.2 Å². The first-order valence-corrected chi connectivity index (χ1v) is 5.85. The summed E-state index contributed by atoms with van der Waals surface area (Å²) in [6.07, 6.45) is 3.50. The van der Waals surface area contributed by atoms with Crippen molar-refractivity contribution in [2.24, 2.45) is 0 Å². The minimum Gasteiger partial charge on any atom is -0.759 e. The molecule has 0 aromatic carbocycles. The van der Waals surface area contributed by atoms with Crippen LogP contribution < -0.4 is 0 Å². The Morgan fingerprint density at radius 1 is 0.722 bits per heavy atom. The first kappa shape index (κ1) is 26.6. The SMILES string of the molecule is O=S(=O)([O-])[O-].O=S(=O)([O-])[O-].[Cu+2].[Zn+2].c1ccncc1. The Kier molecular flexibility index (Phi) is 19.9. The minimum atomic E-state index is -5.17. The molecule has 0 aliphatic rings. The zero-order valence-corrected chi connectivity index (χ0v) is 14.0. The molecule has 0 saturated heterocycles. The molecule has 0 unspecified atom stereocenters. The van der Waals surface area contributed by atoms with Gasteiger partial charge in [-0.1, -0.05) is 6.07 Å².